The van der Waals surface area contributed by atoms with Crippen molar-refractivity contribution in [1.82, 2.24) is 0 Å². The number of hydrogen-bond acceptors (Lipinski definition) is 7. The topological polar surface area (TPSA) is 109 Å². The van der Waals surface area contributed by atoms with Crippen LogP contribution >= 0.6 is 0 Å². The predicted octanol–water partition coefficient (Wildman–Crippen LogP) is -3.15. The first-order chi connectivity index (χ1) is 4.41. The monoisotopic (exact) mass is 186 g/mol. The molecule has 4 N–H and O–H groups in total. The average Bonchev–Trinajstić information content (AvgIpc) is 1.57. The summed E-state index contributed by atoms with van der Waals surface area (Å²) in [6.45, 7) is -0.160. The molecule has 0 aromatic carbocycles. The zero-order chi connectivity index (χ0) is 7.83. The third kappa shape index (κ3) is 2.08. The second-order valence-corrected chi connectivity index (χ2v) is 5.20. The normalized spacial score (nSPS) is 24.0. The van der Waals surface area contributed by atoms with Crippen molar-refractivity contribution in [3.8, 4) is 0 Å². The second-order valence-electron chi connectivity index (χ2n) is 1.61. The molecule has 1 saturated heterocycles. The number of hydrogen-bond donors (Lipinski definition) is 4. The Morgan fingerprint density at radius 3 is 1.90 bits per heavy atom. The van der Waals surface area contributed by atoms with E-state index in [0.717, 1.165) is 0 Å². The fraction of sp³-hybridized carbons (Fsp3) is 1.00. The molecule has 0 atom stereocenters. The van der Waals surface area contributed by atoms with Crippen molar-refractivity contribution in [3.05, 3.63) is 0 Å². The van der Waals surface area contributed by atoms with Crippen LogP contribution in [-0.4, -0.2) is 44.1 Å². The van der Waals surface area contributed by atoms with Gasteiger partial charge in [0, 0.05) is 0 Å². The molecule has 60 valence electrons. The van der Waals surface area contributed by atoms with Gasteiger partial charge >= 0.3 is 18.1 Å². The molecule has 0 spiro atoms. The van der Waals surface area contributed by atoms with E-state index < -0.39 is 18.1 Å². The minimum atomic E-state index is -4.70. The van der Waals surface area contributed by atoms with Crippen molar-refractivity contribution >= 4 is 18.1 Å². The molecule has 1 aliphatic rings. The van der Waals surface area contributed by atoms with Gasteiger partial charge in [-0.15, -0.1) is 0 Å². The Morgan fingerprint density at radius 2 is 1.80 bits per heavy atom. The highest BCUT2D eigenvalue weighted by Crippen LogP contribution is 2.16. The van der Waals surface area contributed by atoms with Crippen molar-refractivity contribution < 1.29 is 32.1 Å². The fourth-order valence-electron chi connectivity index (χ4n) is 0.392. The molecule has 0 aromatic rings. The van der Waals surface area contributed by atoms with Gasteiger partial charge in [-0.05, 0) is 0 Å². The number of rotatable bonds is 2. The van der Waals surface area contributed by atoms with Gasteiger partial charge in [-0.1, -0.05) is 0 Å². The highest BCUT2D eigenvalue weighted by molar-refractivity contribution is 6.66. The molecular weight excluding hydrogens is 180 g/mol. The van der Waals surface area contributed by atoms with Crippen molar-refractivity contribution in [2.24, 2.45) is 0 Å². The average molecular weight is 186 g/mol. The molecule has 0 amide bonds. The molecule has 0 aromatic heterocycles. The first-order valence-electron chi connectivity index (χ1n) is 2.29. The molecule has 1 fully saturated rings. The maximum Gasteiger partial charge on any atom is 0.674 e. The van der Waals surface area contributed by atoms with E-state index in [9.17, 15) is 0 Å². The van der Waals surface area contributed by atoms with Gasteiger partial charge in [0.2, 0.25) is 0 Å². The van der Waals surface area contributed by atoms with Gasteiger partial charge in [0.1, 0.15) is 6.79 Å². The lowest BCUT2D eigenvalue weighted by atomic mass is 11.5. The van der Waals surface area contributed by atoms with Gasteiger partial charge in [0.25, 0.3) is 0 Å². The molecule has 1 aliphatic heterocycles. The summed E-state index contributed by atoms with van der Waals surface area (Å²) in [5.41, 5.74) is 0. The van der Waals surface area contributed by atoms with Crippen LogP contribution in [0.3, 0.4) is 0 Å². The van der Waals surface area contributed by atoms with E-state index in [-0.39, 0.29) is 6.79 Å². The van der Waals surface area contributed by atoms with E-state index in [1.54, 1.807) is 0 Å². The third-order valence-corrected chi connectivity index (χ3v) is 3.84. The lowest BCUT2D eigenvalue weighted by Crippen LogP contribution is -2.62. The lowest BCUT2D eigenvalue weighted by molar-refractivity contribution is -0.141. The van der Waals surface area contributed by atoms with E-state index in [0.29, 0.717) is 0 Å². The van der Waals surface area contributed by atoms with Crippen LogP contribution in [0.25, 0.3) is 0 Å². The van der Waals surface area contributed by atoms with Crippen LogP contribution in [0, 0.1) is 0 Å². The Bertz CT molecular complexity index is 124. The quantitative estimate of drug-likeness (QED) is 0.337. The van der Waals surface area contributed by atoms with E-state index in [1.807, 2.05) is 0 Å². The summed E-state index contributed by atoms with van der Waals surface area (Å²) in [5.74, 6) is 0. The van der Waals surface area contributed by atoms with Crippen molar-refractivity contribution in [3.63, 3.8) is 0 Å². The van der Waals surface area contributed by atoms with Crippen LogP contribution in [0.5, 0.6) is 0 Å². The Kier molecular flexibility index (Phi) is 1.92. The van der Waals surface area contributed by atoms with Gasteiger partial charge in [-0.2, -0.15) is 0 Å². The standard InChI is InChI=1S/CH6O7Si2/c2-9(3,4)8-10(5)6-1-7-10/h2-5H,1H2. The van der Waals surface area contributed by atoms with Crippen molar-refractivity contribution in [1.29, 1.82) is 0 Å². The van der Waals surface area contributed by atoms with Gasteiger partial charge in [-0.25, -0.2) is 0 Å². The molecule has 1 heterocycles. The molecule has 0 unspecified atom stereocenters. The first kappa shape index (κ1) is 8.25. The van der Waals surface area contributed by atoms with Crippen LogP contribution in [-0.2, 0) is 13.0 Å². The molecule has 9 heteroatoms. The first-order valence-corrected chi connectivity index (χ1v) is 5.71. The van der Waals surface area contributed by atoms with Gasteiger partial charge < -0.3 is 32.1 Å². The summed E-state index contributed by atoms with van der Waals surface area (Å²) in [6.07, 6.45) is 0. The Morgan fingerprint density at radius 1 is 1.30 bits per heavy atom. The Hall–Kier alpha value is 0.154. The summed E-state index contributed by atoms with van der Waals surface area (Å²) >= 11 is 0. The van der Waals surface area contributed by atoms with E-state index in [4.69, 9.17) is 19.2 Å². The molecule has 10 heavy (non-hydrogen) atoms. The molecular formula is CH6O7Si2. The Labute approximate surface area is 58.0 Å². The van der Waals surface area contributed by atoms with Crippen LogP contribution in [0.4, 0.5) is 0 Å². The third-order valence-electron chi connectivity index (χ3n) is 0.749. The van der Waals surface area contributed by atoms with E-state index >= 15 is 0 Å². The SMILES string of the molecule is O[Si](O)(O)O[Si]1(O)OCO1. The maximum atomic E-state index is 8.77. The maximum absolute atomic E-state index is 8.77. The molecule has 0 aliphatic carbocycles. The molecule has 0 saturated carbocycles. The molecule has 0 radical (unpaired) electrons. The summed E-state index contributed by atoms with van der Waals surface area (Å²) in [5, 5.41) is 0. The zero-order valence-electron chi connectivity index (χ0n) is 4.72. The smallest absolute Gasteiger partial charge is 0.368 e. The van der Waals surface area contributed by atoms with Gasteiger partial charge in [0.05, 0.1) is 0 Å². The highest BCUT2D eigenvalue weighted by Gasteiger charge is 2.57. The predicted molar refractivity (Wildman–Crippen MR) is 28.5 cm³/mol. The highest BCUT2D eigenvalue weighted by atomic mass is 28.5. The summed E-state index contributed by atoms with van der Waals surface area (Å²) < 4.78 is 12.5. The summed E-state index contributed by atoms with van der Waals surface area (Å²) in [4.78, 5) is 33.6. The van der Waals surface area contributed by atoms with Crippen LogP contribution in [0.2, 0.25) is 0 Å². The van der Waals surface area contributed by atoms with Gasteiger partial charge in [-0.3, -0.25) is 0 Å². The van der Waals surface area contributed by atoms with Crippen LogP contribution in [0.1, 0.15) is 0 Å². The Balaban J connectivity index is 2.37. The fourth-order valence-corrected chi connectivity index (χ4v) is 2.57. The lowest BCUT2D eigenvalue weighted by Gasteiger charge is -2.31. The van der Waals surface area contributed by atoms with Crippen LogP contribution < -0.4 is 0 Å². The van der Waals surface area contributed by atoms with E-state index in [1.165, 1.54) is 0 Å². The minimum Gasteiger partial charge on any atom is -0.368 e. The summed E-state index contributed by atoms with van der Waals surface area (Å²) in [6, 6.07) is 0. The largest absolute Gasteiger partial charge is 0.674 e. The zero-order valence-corrected chi connectivity index (χ0v) is 6.72. The van der Waals surface area contributed by atoms with Crippen molar-refractivity contribution in [2.45, 2.75) is 0 Å². The van der Waals surface area contributed by atoms with Crippen LogP contribution in [0.15, 0.2) is 0 Å². The van der Waals surface area contributed by atoms with Crippen molar-refractivity contribution in [2.75, 3.05) is 6.79 Å². The second kappa shape index (κ2) is 2.33. The summed E-state index contributed by atoms with van der Waals surface area (Å²) in [7, 11) is -8.52. The van der Waals surface area contributed by atoms with Gasteiger partial charge in [0.15, 0.2) is 0 Å². The molecule has 7 nitrogen and oxygen atoms in total. The molecule has 1 rings (SSSR count). The van der Waals surface area contributed by atoms with E-state index in [2.05, 4.69) is 13.0 Å². The minimum absolute atomic E-state index is 0.160. The molecule has 0 bridgehead atoms.